The zero-order chi connectivity index (χ0) is 16.2. The van der Waals surface area contributed by atoms with E-state index in [0.717, 1.165) is 27.7 Å². The van der Waals surface area contributed by atoms with Crippen molar-refractivity contribution in [1.29, 1.82) is 0 Å². The summed E-state index contributed by atoms with van der Waals surface area (Å²) in [4.78, 5) is 4.84. The fourth-order valence-electron chi connectivity index (χ4n) is 1.94. The Balaban J connectivity index is 2.22. The smallest absolute Gasteiger partial charge is 0.399 e. The zero-order valence-electron chi connectivity index (χ0n) is 11.7. The van der Waals surface area contributed by atoms with E-state index in [2.05, 4.69) is 21.1 Å². The Labute approximate surface area is 134 Å². The van der Waals surface area contributed by atoms with Gasteiger partial charge in [0, 0.05) is 10.9 Å². The predicted molar refractivity (Wildman–Crippen MR) is 82.8 cm³/mol. The van der Waals surface area contributed by atoms with E-state index < -0.39 is 11.7 Å². The minimum Gasteiger partial charge on any atom is -0.399 e. The van der Waals surface area contributed by atoms with Crippen molar-refractivity contribution < 1.29 is 18.0 Å². The predicted octanol–water partition coefficient (Wildman–Crippen LogP) is 5.06. The summed E-state index contributed by atoms with van der Waals surface area (Å²) >= 11 is 3.35. The number of rotatable bonds is 4. The van der Waals surface area contributed by atoms with Crippen LogP contribution in [0.3, 0.4) is 0 Å². The van der Waals surface area contributed by atoms with Crippen molar-refractivity contribution >= 4 is 21.6 Å². The van der Waals surface area contributed by atoms with Gasteiger partial charge in [0.1, 0.15) is 7.11 Å². The molecule has 0 saturated carbocycles. The molecule has 2 aromatic carbocycles. The van der Waals surface area contributed by atoms with Gasteiger partial charge in [-0.15, -0.1) is 0 Å². The van der Waals surface area contributed by atoms with Crippen molar-refractivity contribution in [2.75, 3.05) is 7.11 Å². The van der Waals surface area contributed by atoms with Gasteiger partial charge in [-0.05, 0) is 35.4 Å². The minimum absolute atomic E-state index is 0.383. The number of oxime groups is 1. The first-order valence-corrected chi connectivity index (χ1v) is 7.21. The van der Waals surface area contributed by atoms with Crippen LogP contribution in [0.5, 0.6) is 0 Å². The molecule has 116 valence electrons. The third-order valence-electron chi connectivity index (χ3n) is 3.03. The molecular weight excluding hydrogens is 359 g/mol. The Kier molecular flexibility index (Phi) is 5.24. The third kappa shape index (κ3) is 4.34. The summed E-state index contributed by atoms with van der Waals surface area (Å²) in [6.45, 7) is 0. The van der Waals surface area contributed by atoms with Crippen LogP contribution < -0.4 is 0 Å². The number of benzene rings is 2. The summed E-state index contributed by atoms with van der Waals surface area (Å²) in [5.41, 5.74) is 1.57. The highest BCUT2D eigenvalue weighted by Crippen LogP contribution is 2.29. The maximum Gasteiger partial charge on any atom is 0.416 e. The lowest BCUT2D eigenvalue weighted by Gasteiger charge is -2.09. The molecule has 0 unspecified atom stereocenters. The average Bonchev–Trinajstić information content (AvgIpc) is 2.47. The van der Waals surface area contributed by atoms with E-state index in [4.69, 9.17) is 4.84 Å². The average molecular weight is 372 g/mol. The van der Waals surface area contributed by atoms with Gasteiger partial charge in [0.2, 0.25) is 0 Å². The lowest BCUT2D eigenvalue weighted by molar-refractivity contribution is -0.137. The molecule has 0 spiro atoms. The summed E-state index contributed by atoms with van der Waals surface area (Å²) in [7, 11) is 1.44. The van der Waals surface area contributed by atoms with Gasteiger partial charge >= 0.3 is 6.18 Å². The van der Waals surface area contributed by atoms with Gasteiger partial charge in [0.25, 0.3) is 0 Å². The lowest BCUT2D eigenvalue weighted by atomic mass is 10.0. The normalized spacial score (nSPS) is 12.3. The van der Waals surface area contributed by atoms with Crippen molar-refractivity contribution in [3.63, 3.8) is 0 Å². The molecule has 0 aliphatic heterocycles. The molecule has 0 N–H and O–H groups in total. The van der Waals surface area contributed by atoms with Crippen molar-refractivity contribution in [3.05, 3.63) is 69.7 Å². The Morgan fingerprint density at radius 3 is 2.14 bits per heavy atom. The van der Waals surface area contributed by atoms with E-state index in [-0.39, 0.29) is 0 Å². The second kappa shape index (κ2) is 6.96. The molecule has 6 heteroatoms. The number of alkyl halides is 3. The fourth-order valence-corrected chi connectivity index (χ4v) is 2.21. The van der Waals surface area contributed by atoms with Crippen molar-refractivity contribution in [1.82, 2.24) is 0 Å². The minimum atomic E-state index is -4.33. The molecule has 0 bridgehead atoms. The summed E-state index contributed by atoms with van der Waals surface area (Å²) in [6, 6.07) is 12.5. The van der Waals surface area contributed by atoms with Crippen LogP contribution in [0.15, 0.2) is 58.2 Å². The molecule has 0 aliphatic rings. The van der Waals surface area contributed by atoms with Crippen LogP contribution in [0.25, 0.3) is 0 Å². The van der Waals surface area contributed by atoms with E-state index in [0.29, 0.717) is 12.1 Å². The molecule has 0 fully saturated rings. The first-order valence-electron chi connectivity index (χ1n) is 6.42. The molecule has 0 saturated heterocycles. The molecule has 2 rings (SSSR count). The van der Waals surface area contributed by atoms with Crippen LogP contribution in [-0.2, 0) is 17.4 Å². The fraction of sp³-hybridized carbons (Fsp3) is 0.188. The molecular formula is C16H13BrF3NO. The Hall–Kier alpha value is -1.82. The van der Waals surface area contributed by atoms with Crippen LogP contribution in [0.4, 0.5) is 13.2 Å². The summed E-state index contributed by atoms with van der Waals surface area (Å²) in [6.07, 6.45) is -3.94. The van der Waals surface area contributed by atoms with Crippen LogP contribution in [-0.4, -0.2) is 12.8 Å². The van der Waals surface area contributed by atoms with Gasteiger partial charge in [-0.3, -0.25) is 0 Å². The van der Waals surface area contributed by atoms with Gasteiger partial charge in [-0.1, -0.05) is 45.4 Å². The monoisotopic (exact) mass is 371 g/mol. The van der Waals surface area contributed by atoms with Gasteiger partial charge < -0.3 is 4.84 Å². The lowest BCUT2D eigenvalue weighted by Crippen LogP contribution is -2.08. The Morgan fingerprint density at radius 2 is 1.64 bits per heavy atom. The van der Waals surface area contributed by atoms with Crippen LogP contribution >= 0.6 is 15.9 Å². The molecule has 0 atom stereocenters. The highest BCUT2D eigenvalue weighted by molar-refractivity contribution is 9.10. The van der Waals surface area contributed by atoms with E-state index in [1.807, 2.05) is 24.3 Å². The maximum absolute atomic E-state index is 12.6. The number of halogens is 4. The summed E-state index contributed by atoms with van der Waals surface area (Å²) < 4.78 is 38.6. The van der Waals surface area contributed by atoms with Crippen molar-refractivity contribution in [2.24, 2.45) is 5.16 Å². The SMILES string of the molecule is CO/N=C(\Cc1ccc(C(F)(F)F)cc1)c1ccc(Br)cc1. The highest BCUT2D eigenvalue weighted by Gasteiger charge is 2.29. The van der Waals surface area contributed by atoms with E-state index in [9.17, 15) is 13.2 Å². The zero-order valence-corrected chi connectivity index (χ0v) is 13.3. The standard InChI is InChI=1S/C16H13BrF3NO/c1-22-21-15(12-4-8-14(17)9-5-12)10-11-2-6-13(7-3-11)16(18,19)20/h2-9H,10H2,1H3/b21-15+. The van der Waals surface area contributed by atoms with Gasteiger partial charge in [0.05, 0.1) is 11.3 Å². The first kappa shape index (κ1) is 16.5. The number of hydrogen-bond acceptors (Lipinski definition) is 2. The molecule has 0 amide bonds. The number of hydrogen-bond donors (Lipinski definition) is 0. The molecule has 0 aromatic heterocycles. The van der Waals surface area contributed by atoms with Crippen LogP contribution in [0.1, 0.15) is 16.7 Å². The molecule has 0 radical (unpaired) electrons. The van der Waals surface area contributed by atoms with Crippen LogP contribution in [0, 0.1) is 0 Å². The van der Waals surface area contributed by atoms with Gasteiger partial charge in [0.15, 0.2) is 0 Å². The first-order chi connectivity index (χ1) is 10.4. The summed E-state index contributed by atoms with van der Waals surface area (Å²) in [5.74, 6) is 0. The summed E-state index contributed by atoms with van der Waals surface area (Å²) in [5, 5.41) is 3.97. The second-order valence-electron chi connectivity index (χ2n) is 4.60. The Morgan fingerprint density at radius 1 is 1.05 bits per heavy atom. The Bertz CT molecular complexity index is 649. The van der Waals surface area contributed by atoms with Crippen LogP contribution in [0.2, 0.25) is 0 Å². The maximum atomic E-state index is 12.6. The van der Waals surface area contributed by atoms with E-state index >= 15 is 0 Å². The van der Waals surface area contributed by atoms with Crippen molar-refractivity contribution in [3.8, 4) is 0 Å². The largest absolute Gasteiger partial charge is 0.416 e. The van der Waals surface area contributed by atoms with E-state index in [1.54, 1.807) is 0 Å². The molecule has 0 heterocycles. The molecule has 2 nitrogen and oxygen atoms in total. The third-order valence-corrected chi connectivity index (χ3v) is 3.56. The molecule has 22 heavy (non-hydrogen) atoms. The molecule has 2 aromatic rings. The van der Waals surface area contributed by atoms with E-state index in [1.165, 1.54) is 19.2 Å². The topological polar surface area (TPSA) is 21.6 Å². The van der Waals surface area contributed by atoms with Crippen molar-refractivity contribution in [2.45, 2.75) is 12.6 Å². The second-order valence-corrected chi connectivity index (χ2v) is 5.51. The van der Waals surface area contributed by atoms with Gasteiger partial charge in [-0.25, -0.2) is 0 Å². The number of nitrogens with zero attached hydrogens (tertiary/aromatic N) is 1. The van der Waals surface area contributed by atoms with Gasteiger partial charge in [-0.2, -0.15) is 13.2 Å². The molecule has 0 aliphatic carbocycles. The quantitative estimate of drug-likeness (QED) is 0.543. The highest BCUT2D eigenvalue weighted by atomic mass is 79.9.